The lowest BCUT2D eigenvalue weighted by Gasteiger charge is -2.35. The van der Waals surface area contributed by atoms with E-state index in [0.717, 1.165) is 28.9 Å². The van der Waals surface area contributed by atoms with Crippen molar-refractivity contribution in [1.29, 1.82) is 0 Å². The molecule has 1 atom stereocenters. The monoisotopic (exact) mass is 336 g/mol. The molecule has 0 saturated carbocycles. The van der Waals surface area contributed by atoms with Gasteiger partial charge < -0.3 is 9.88 Å². The Bertz CT molecular complexity index is 869. The molecule has 1 aliphatic rings. The van der Waals surface area contributed by atoms with Gasteiger partial charge in [-0.3, -0.25) is 14.5 Å². The van der Waals surface area contributed by atoms with Crippen LogP contribution in [0.4, 0.5) is 0 Å². The summed E-state index contributed by atoms with van der Waals surface area (Å²) >= 11 is 0. The van der Waals surface area contributed by atoms with E-state index in [2.05, 4.69) is 20.1 Å². The SMILES string of the molecule is Cn1cc(CCC(=O)N2CCc3[nH]cnc3[C@@H]2c2ccncc2)cn1. The van der Waals surface area contributed by atoms with Crippen LogP contribution in [0.15, 0.2) is 43.2 Å². The highest BCUT2D eigenvalue weighted by Crippen LogP contribution is 2.33. The maximum absolute atomic E-state index is 12.9. The van der Waals surface area contributed by atoms with E-state index in [4.69, 9.17) is 0 Å². The minimum Gasteiger partial charge on any atom is -0.348 e. The van der Waals surface area contributed by atoms with Crippen molar-refractivity contribution in [3.8, 4) is 0 Å². The summed E-state index contributed by atoms with van der Waals surface area (Å²) in [5, 5.41) is 4.16. The summed E-state index contributed by atoms with van der Waals surface area (Å²) in [6.07, 6.45) is 11.0. The van der Waals surface area contributed by atoms with Crippen LogP contribution in [0.3, 0.4) is 0 Å². The van der Waals surface area contributed by atoms with Gasteiger partial charge in [0.25, 0.3) is 0 Å². The van der Waals surface area contributed by atoms with Crippen molar-refractivity contribution in [2.75, 3.05) is 6.54 Å². The second-order valence-electron chi connectivity index (χ2n) is 6.31. The number of imidazole rings is 1. The van der Waals surface area contributed by atoms with Gasteiger partial charge in [0.1, 0.15) is 6.04 Å². The number of hydrogen-bond donors (Lipinski definition) is 1. The van der Waals surface area contributed by atoms with Crippen molar-refractivity contribution in [3.05, 3.63) is 65.8 Å². The van der Waals surface area contributed by atoms with Gasteiger partial charge in [-0.05, 0) is 29.7 Å². The van der Waals surface area contributed by atoms with Crippen LogP contribution in [0.1, 0.15) is 35.0 Å². The number of carbonyl (C=O) groups excluding carboxylic acids is 1. The summed E-state index contributed by atoms with van der Waals surface area (Å²) in [4.78, 5) is 26.7. The van der Waals surface area contributed by atoms with Crippen molar-refractivity contribution in [3.63, 3.8) is 0 Å². The first-order valence-electron chi connectivity index (χ1n) is 8.41. The van der Waals surface area contributed by atoms with E-state index in [-0.39, 0.29) is 11.9 Å². The number of nitrogens with one attached hydrogen (secondary N) is 1. The predicted octanol–water partition coefficient (Wildman–Crippen LogP) is 1.65. The summed E-state index contributed by atoms with van der Waals surface area (Å²) in [5.41, 5.74) is 4.16. The minimum atomic E-state index is -0.153. The van der Waals surface area contributed by atoms with Gasteiger partial charge in [-0.25, -0.2) is 4.98 Å². The third-order valence-corrected chi connectivity index (χ3v) is 4.65. The number of fused-ring (bicyclic) bond motifs is 1. The third kappa shape index (κ3) is 3.05. The quantitative estimate of drug-likeness (QED) is 0.785. The lowest BCUT2D eigenvalue weighted by Crippen LogP contribution is -2.40. The van der Waals surface area contributed by atoms with Crippen LogP contribution < -0.4 is 0 Å². The second kappa shape index (κ2) is 6.51. The fourth-order valence-corrected chi connectivity index (χ4v) is 3.42. The Hall–Kier alpha value is -2.96. The molecule has 1 aliphatic heterocycles. The molecule has 7 heteroatoms. The summed E-state index contributed by atoms with van der Waals surface area (Å²) in [6.45, 7) is 0.689. The molecule has 4 rings (SSSR count). The molecule has 0 aliphatic carbocycles. The van der Waals surface area contributed by atoms with Gasteiger partial charge >= 0.3 is 0 Å². The predicted molar refractivity (Wildman–Crippen MR) is 91.6 cm³/mol. The van der Waals surface area contributed by atoms with Crippen LogP contribution in [-0.2, 0) is 24.7 Å². The second-order valence-corrected chi connectivity index (χ2v) is 6.31. The Morgan fingerprint density at radius 3 is 2.96 bits per heavy atom. The highest BCUT2D eigenvalue weighted by atomic mass is 16.2. The minimum absolute atomic E-state index is 0.138. The first kappa shape index (κ1) is 15.6. The van der Waals surface area contributed by atoms with E-state index in [9.17, 15) is 4.79 Å². The molecule has 128 valence electrons. The van der Waals surface area contributed by atoms with Gasteiger partial charge in [-0.15, -0.1) is 0 Å². The number of rotatable bonds is 4. The van der Waals surface area contributed by atoms with Gasteiger partial charge in [0.05, 0.1) is 18.2 Å². The molecule has 25 heavy (non-hydrogen) atoms. The first-order chi connectivity index (χ1) is 12.2. The Balaban J connectivity index is 1.58. The number of hydrogen-bond acceptors (Lipinski definition) is 4. The number of nitrogens with zero attached hydrogens (tertiary/aromatic N) is 5. The summed E-state index contributed by atoms with van der Waals surface area (Å²) in [5.74, 6) is 0.138. The zero-order valence-corrected chi connectivity index (χ0v) is 14.1. The molecule has 0 spiro atoms. The van der Waals surface area contributed by atoms with E-state index < -0.39 is 0 Å². The van der Waals surface area contributed by atoms with E-state index >= 15 is 0 Å². The number of H-pyrrole nitrogens is 1. The number of aryl methyl sites for hydroxylation is 2. The van der Waals surface area contributed by atoms with Gasteiger partial charge in [-0.1, -0.05) is 0 Å². The number of pyridine rings is 1. The van der Waals surface area contributed by atoms with Crippen LogP contribution in [0.25, 0.3) is 0 Å². The molecular weight excluding hydrogens is 316 g/mol. The summed E-state index contributed by atoms with van der Waals surface area (Å²) in [7, 11) is 1.88. The highest BCUT2D eigenvalue weighted by molar-refractivity contribution is 5.78. The zero-order valence-electron chi connectivity index (χ0n) is 14.1. The lowest BCUT2D eigenvalue weighted by molar-refractivity contribution is -0.133. The third-order valence-electron chi connectivity index (χ3n) is 4.65. The Morgan fingerprint density at radius 2 is 2.20 bits per heavy atom. The fourth-order valence-electron chi connectivity index (χ4n) is 3.42. The Morgan fingerprint density at radius 1 is 1.36 bits per heavy atom. The van der Waals surface area contributed by atoms with Gasteiger partial charge in [-0.2, -0.15) is 5.10 Å². The molecule has 1 amide bonds. The highest BCUT2D eigenvalue weighted by Gasteiger charge is 2.33. The molecule has 0 radical (unpaired) electrons. The largest absolute Gasteiger partial charge is 0.348 e. The molecule has 0 fully saturated rings. The molecular formula is C18H20N6O. The maximum atomic E-state index is 12.9. The van der Waals surface area contributed by atoms with Crippen molar-refractivity contribution >= 4 is 5.91 Å². The molecule has 0 bridgehead atoms. The average Bonchev–Trinajstić information content (AvgIpc) is 3.28. The van der Waals surface area contributed by atoms with Crippen LogP contribution in [0, 0.1) is 0 Å². The van der Waals surface area contributed by atoms with Crippen molar-refractivity contribution < 1.29 is 4.79 Å². The molecule has 1 N–H and O–H groups in total. The van der Waals surface area contributed by atoms with Gasteiger partial charge in [0.2, 0.25) is 5.91 Å². The number of amides is 1. The Kier molecular flexibility index (Phi) is 4.05. The van der Waals surface area contributed by atoms with Crippen LogP contribution in [0.5, 0.6) is 0 Å². The molecule has 0 saturated heterocycles. The van der Waals surface area contributed by atoms with Crippen molar-refractivity contribution in [1.82, 2.24) is 29.6 Å². The van der Waals surface area contributed by atoms with E-state index in [1.807, 2.05) is 36.5 Å². The molecule has 0 unspecified atom stereocenters. The first-order valence-corrected chi connectivity index (χ1v) is 8.41. The van der Waals surface area contributed by atoms with E-state index in [1.54, 1.807) is 23.4 Å². The smallest absolute Gasteiger partial charge is 0.223 e. The normalized spacial score (nSPS) is 16.7. The molecule has 0 aromatic carbocycles. The van der Waals surface area contributed by atoms with Crippen LogP contribution >= 0.6 is 0 Å². The Labute approximate surface area is 145 Å². The van der Waals surface area contributed by atoms with Gasteiger partial charge in [0.15, 0.2) is 0 Å². The lowest BCUT2D eigenvalue weighted by atomic mass is 9.95. The standard InChI is InChI=1S/C18H20N6O/c1-23-11-13(10-22-23)2-3-16(25)24-9-6-15-17(21-12-20-15)18(24)14-4-7-19-8-5-14/h4-5,7-8,10-12,18H,2-3,6,9H2,1H3,(H,20,21)/t18-/m0/s1. The number of carbonyl (C=O) groups is 1. The van der Waals surface area contributed by atoms with E-state index in [0.29, 0.717) is 19.4 Å². The molecule has 3 aromatic heterocycles. The van der Waals surface area contributed by atoms with Crippen molar-refractivity contribution in [2.45, 2.75) is 25.3 Å². The summed E-state index contributed by atoms with van der Waals surface area (Å²) < 4.78 is 1.76. The fraction of sp³-hybridized carbons (Fsp3) is 0.333. The number of aromatic nitrogens is 5. The van der Waals surface area contributed by atoms with E-state index in [1.165, 1.54) is 0 Å². The average molecular weight is 336 g/mol. The van der Waals surface area contributed by atoms with Crippen LogP contribution in [-0.4, -0.2) is 42.1 Å². The van der Waals surface area contributed by atoms with Crippen LogP contribution in [0.2, 0.25) is 0 Å². The molecule has 7 nitrogen and oxygen atoms in total. The topological polar surface area (TPSA) is 79.7 Å². The molecule has 4 heterocycles. The summed E-state index contributed by atoms with van der Waals surface area (Å²) in [6, 6.07) is 3.76. The molecule has 3 aromatic rings. The maximum Gasteiger partial charge on any atom is 0.223 e. The zero-order chi connectivity index (χ0) is 17.2. The van der Waals surface area contributed by atoms with Crippen molar-refractivity contribution in [2.24, 2.45) is 7.05 Å². The number of aromatic amines is 1. The van der Waals surface area contributed by atoms with Gasteiger partial charge in [0, 0.05) is 50.7 Å².